The predicted octanol–water partition coefficient (Wildman–Crippen LogP) is 2.12. The number of hydrogen-bond acceptors (Lipinski definition) is 3. The summed E-state index contributed by atoms with van der Waals surface area (Å²) in [6.07, 6.45) is 0. The van der Waals surface area contributed by atoms with Gasteiger partial charge in [-0.1, -0.05) is 23.7 Å². The number of H-pyrrole nitrogens is 1. The molecule has 0 aliphatic rings. The number of nitrogens with zero attached hydrogens (tertiary/aromatic N) is 1. The lowest BCUT2D eigenvalue weighted by Gasteiger charge is -2.10. The first-order chi connectivity index (χ1) is 11.5. The highest BCUT2D eigenvalue weighted by atomic mass is 35.5. The van der Waals surface area contributed by atoms with E-state index in [4.69, 9.17) is 11.6 Å². The molecule has 1 heterocycles. The number of halogens is 2. The van der Waals surface area contributed by atoms with Crippen molar-refractivity contribution in [1.29, 1.82) is 0 Å². The van der Waals surface area contributed by atoms with Gasteiger partial charge < -0.3 is 10.3 Å². The van der Waals surface area contributed by atoms with Crippen molar-refractivity contribution in [3.05, 3.63) is 74.0 Å². The number of aromatic nitrogens is 2. The fourth-order valence-corrected chi connectivity index (χ4v) is 2.48. The third-order valence-electron chi connectivity index (χ3n) is 3.39. The fraction of sp³-hybridized carbons (Fsp3) is 0.0625. The Morgan fingerprint density at radius 1 is 1.21 bits per heavy atom. The van der Waals surface area contributed by atoms with Gasteiger partial charge in [0.15, 0.2) is 0 Å². The molecule has 122 valence electrons. The normalized spacial score (nSPS) is 10.8. The van der Waals surface area contributed by atoms with E-state index in [0.717, 1.165) is 10.6 Å². The topological polar surface area (TPSA) is 84.0 Å². The Bertz CT molecular complexity index is 1060. The largest absolute Gasteiger partial charge is 0.324 e. The first-order valence-corrected chi connectivity index (χ1v) is 7.30. The van der Waals surface area contributed by atoms with Crippen LogP contribution in [0.1, 0.15) is 0 Å². The summed E-state index contributed by atoms with van der Waals surface area (Å²) in [4.78, 5) is 38.4. The van der Waals surface area contributed by atoms with Crippen LogP contribution in [0.3, 0.4) is 0 Å². The number of carbonyl (C=O) groups excluding carboxylic acids is 1. The molecule has 0 bridgehead atoms. The summed E-state index contributed by atoms with van der Waals surface area (Å²) in [6, 6.07) is 10.4. The zero-order chi connectivity index (χ0) is 17.3. The number of anilines is 1. The molecule has 3 rings (SSSR count). The molecule has 3 aromatic rings. The first-order valence-electron chi connectivity index (χ1n) is 6.92. The van der Waals surface area contributed by atoms with Crippen molar-refractivity contribution in [2.45, 2.75) is 6.54 Å². The first kappa shape index (κ1) is 15.9. The fourth-order valence-electron chi connectivity index (χ4n) is 2.30. The number of carbonyl (C=O) groups is 1. The molecule has 0 aliphatic carbocycles. The summed E-state index contributed by atoms with van der Waals surface area (Å²) in [5.41, 5.74) is -0.491. The minimum Gasteiger partial charge on any atom is -0.324 e. The van der Waals surface area contributed by atoms with Gasteiger partial charge in [-0.05, 0) is 30.3 Å². The molecule has 1 amide bonds. The van der Waals surface area contributed by atoms with E-state index in [2.05, 4.69) is 10.3 Å². The third-order valence-corrected chi connectivity index (χ3v) is 3.68. The predicted molar refractivity (Wildman–Crippen MR) is 88.9 cm³/mol. The highest BCUT2D eigenvalue weighted by molar-refractivity contribution is 6.31. The van der Waals surface area contributed by atoms with Crippen LogP contribution in [-0.2, 0) is 11.3 Å². The Morgan fingerprint density at radius 2 is 1.96 bits per heavy atom. The molecule has 0 atom stereocenters. The Kier molecular flexibility index (Phi) is 4.18. The van der Waals surface area contributed by atoms with E-state index in [-0.39, 0.29) is 17.3 Å². The van der Waals surface area contributed by atoms with Crippen LogP contribution in [0.4, 0.5) is 10.1 Å². The van der Waals surface area contributed by atoms with Gasteiger partial charge in [0, 0.05) is 5.69 Å². The van der Waals surface area contributed by atoms with E-state index < -0.39 is 22.8 Å². The van der Waals surface area contributed by atoms with Crippen molar-refractivity contribution in [2.24, 2.45) is 0 Å². The molecular formula is C16H11ClFN3O3. The molecule has 0 saturated carbocycles. The Labute approximate surface area is 139 Å². The van der Waals surface area contributed by atoms with Gasteiger partial charge in [0.05, 0.1) is 16.1 Å². The maximum Gasteiger partial charge on any atom is 0.317 e. The van der Waals surface area contributed by atoms with Gasteiger partial charge in [-0.25, -0.2) is 4.39 Å². The lowest BCUT2D eigenvalue weighted by molar-refractivity contribution is -0.116. The van der Waals surface area contributed by atoms with Crippen molar-refractivity contribution >= 4 is 34.2 Å². The van der Waals surface area contributed by atoms with Crippen molar-refractivity contribution in [3.8, 4) is 0 Å². The van der Waals surface area contributed by atoms with Gasteiger partial charge >= 0.3 is 11.1 Å². The van der Waals surface area contributed by atoms with Crippen molar-refractivity contribution in [3.63, 3.8) is 0 Å². The van der Waals surface area contributed by atoms with Crippen LogP contribution >= 0.6 is 11.6 Å². The summed E-state index contributed by atoms with van der Waals surface area (Å²) in [5, 5.41) is 2.38. The standard InChI is InChI=1S/C16H11ClFN3O3/c17-10-7-9(5-6-11(10)18)19-14(22)8-21-13-4-2-1-3-12(13)20-15(23)16(21)24/h1-7H,8H2,(H,19,22)(H,20,23). The minimum atomic E-state index is -0.832. The van der Waals surface area contributed by atoms with E-state index >= 15 is 0 Å². The maximum atomic E-state index is 13.1. The minimum absolute atomic E-state index is 0.133. The summed E-state index contributed by atoms with van der Waals surface area (Å²) in [7, 11) is 0. The van der Waals surface area contributed by atoms with Crippen LogP contribution in [0.5, 0.6) is 0 Å². The van der Waals surface area contributed by atoms with Crippen LogP contribution in [0.25, 0.3) is 11.0 Å². The van der Waals surface area contributed by atoms with Gasteiger partial charge in [-0.3, -0.25) is 19.0 Å². The zero-order valence-corrected chi connectivity index (χ0v) is 12.9. The Morgan fingerprint density at radius 3 is 2.71 bits per heavy atom. The number of aromatic amines is 1. The van der Waals surface area contributed by atoms with Crippen LogP contribution in [-0.4, -0.2) is 15.5 Å². The van der Waals surface area contributed by atoms with Gasteiger partial charge in [0.25, 0.3) is 0 Å². The van der Waals surface area contributed by atoms with Gasteiger partial charge in [0.1, 0.15) is 12.4 Å². The Balaban J connectivity index is 1.93. The average Bonchev–Trinajstić information content (AvgIpc) is 2.55. The molecule has 0 unspecified atom stereocenters. The molecule has 2 aromatic carbocycles. The number of para-hydroxylation sites is 2. The molecule has 1 aromatic heterocycles. The summed E-state index contributed by atoms with van der Waals surface area (Å²) < 4.78 is 14.2. The number of hydrogen-bond donors (Lipinski definition) is 2. The number of rotatable bonds is 3. The van der Waals surface area contributed by atoms with E-state index in [1.807, 2.05) is 0 Å². The molecule has 6 nitrogen and oxygen atoms in total. The SMILES string of the molecule is O=C(Cn1c(=O)c(=O)[nH]c2ccccc21)Nc1ccc(F)c(Cl)c1. The second-order valence-corrected chi connectivity index (χ2v) is 5.45. The van der Waals surface area contributed by atoms with Gasteiger partial charge in [-0.15, -0.1) is 0 Å². The van der Waals surface area contributed by atoms with Gasteiger partial charge in [0.2, 0.25) is 5.91 Å². The molecule has 0 aliphatic heterocycles. The third kappa shape index (κ3) is 3.07. The number of benzene rings is 2. The molecule has 0 radical (unpaired) electrons. The lowest BCUT2D eigenvalue weighted by atomic mass is 10.3. The monoisotopic (exact) mass is 347 g/mol. The number of nitrogens with one attached hydrogen (secondary N) is 2. The van der Waals surface area contributed by atoms with Crippen LogP contribution in [0, 0.1) is 5.82 Å². The Hall–Kier alpha value is -2.93. The molecule has 24 heavy (non-hydrogen) atoms. The molecule has 0 spiro atoms. The molecule has 0 fully saturated rings. The summed E-state index contributed by atoms with van der Waals surface area (Å²) in [5.74, 6) is -1.15. The highest BCUT2D eigenvalue weighted by Crippen LogP contribution is 2.19. The number of amides is 1. The van der Waals surface area contributed by atoms with Crippen molar-refractivity contribution in [1.82, 2.24) is 9.55 Å². The van der Waals surface area contributed by atoms with Crippen LogP contribution < -0.4 is 16.4 Å². The molecule has 8 heteroatoms. The molecule has 0 saturated heterocycles. The molecule has 2 N–H and O–H groups in total. The van der Waals surface area contributed by atoms with E-state index in [9.17, 15) is 18.8 Å². The number of fused-ring (bicyclic) bond motifs is 1. The quantitative estimate of drug-likeness (QED) is 0.712. The second-order valence-electron chi connectivity index (χ2n) is 5.04. The summed E-state index contributed by atoms with van der Waals surface area (Å²) >= 11 is 5.65. The van der Waals surface area contributed by atoms with E-state index in [1.54, 1.807) is 24.3 Å². The van der Waals surface area contributed by atoms with Crippen LogP contribution in [0.2, 0.25) is 5.02 Å². The van der Waals surface area contributed by atoms with Crippen LogP contribution in [0.15, 0.2) is 52.1 Å². The van der Waals surface area contributed by atoms with Gasteiger partial charge in [-0.2, -0.15) is 0 Å². The molecular weight excluding hydrogens is 337 g/mol. The average molecular weight is 348 g/mol. The van der Waals surface area contributed by atoms with Crippen molar-refractivity contribution < 1.29 is 9.18 Å². The van der Waals surface area contributed by atoms with E-state index in [0.29, 0.717) is 11.0 Å². The second kappa shape index (κ2) is 6.29. The highest BCUT2D eigenvalue weighted by Gasteiger charge is 2.12. The zero-order valence-electron chi connectivity index (χ0n) is 12.2. The summed E-state index contributed by atoms with van der Waals surface area (Å²) in [6.45, 7) is -0.363. The van der Waals surface area contributed by atoms with E-state index in [1.165, 1.54) is 12.1 Å². The van der Waals surface area contributed by atoms with Crippen molar-refractivity contribution in [2.75, 3.05) is 5.32 Å². The lowest BCUT2D eigenvalue weighted by Crippen LogP contribution is -2.38. The smallest absolute Gasteiger partial charge is 0.317 e. The maximum absolute atomic E-state index is 13.1.